The zero-order chi connectivity index (χ0) is 27.6. The van der Waals surface area contributed by atoms with Crippen LogP contribution in [0.5, 0.6) is 0 Å². The first-order valence-electron chi connectivity index (χ1n) is 12.8. The van der Waals surface area contributed by atoms with E-state index in [2.05, 4.69) is 27.4 Å². The smallest absolute Gasteiger partial charge is 0.322 e. The number of fused-ring (bicyclic) bond motifs is 2. The number of nitrogens with one attached hydrogen (secondary N) is 1. The number of hydrogen-bond acceptors (Lipinski definition) is 5. The Hall–Kier alpha value is -2.91. The standard InChI is InChI=1S/C29H30Cl2N4O3S/c1-39(37,38)24-8-9-26-25(18-24)29(20-35(26)28(36)33-19-22-10-13-32-27(31)17-22)11-15-34(16-12-29)14-2-3-21-4-6-23(30)7-5-21/h2-10,13,17-18H,11-12,14-16,19-20H2,1H3,(H,33,36). The van der Waals surface area contributed by atoms with Crippen LogP contribution in [-0.2, 0) is 21.8 Å². The molecule has 204 valence electrons. The quantitative estimate of drug-likeness (QED) is 0.383. The fourth-order valence-electron chi connectivity index (χ4n) is 5.39. The van der Waals surface area contributed by atoms with Gasteiger partial charge in [-0.3, -0.25) is 9.80 Å². The van der Waals surface area contributed by atoms with E-state index in [1.807, 2.05) is 24.3 Å². The molecule has 39 heavy (non-hydrogen) atoms. The first kappa shape index (κ1) is 27.6. The summed E-state index contributed by atoms with van der Waals surface area (Å²) in [4.78, 5) is 21.8. The maximum Gasteiger partial charge on any atom is 0.322 e. The second kappa shape index (κ2) is 11.3. The van der Waals surface area contributed by atoms with E-state index in [4.69, 9.17) is 23.2 Å². The summed E-state index contributed by atoms with van der Waals surface area (Å²) in [6.45, 7) is 3.33. The van der Waals surface area contributed by atoms with Crippen molar-refractivity contribution >= 4 is 50.8 Å². The molecule has 0 atom stereocenters. The lowest BCUT2D eigenvalue weighted by atomic mass is 9.74. The number of pyridine rings is 1. The molecule has 7 nitrogen and oxygen atoms in total. The molecule has 10 heteroatoms. The molecule has 0 saturated carbocycles. The van der Waals surface area contributed by atoms with Crippen molar-refractivity contribution in [2.24, 2.45) is 0 Å². The van der Waals surface area contributed by atoms with Gasteiger partial charge in [0.25, 0.3) is 0 Å². The van der Waals surface area contributed by atoms with Crippen molar-refractivity contribution in [2.75, 3.05) is 37.3 Å². The Labute approximate surface area is 239 Å². The number of hydrogen-bond donors (Lipinski definition) is 1. The van der Waals surface area contributed by atoms with Gasteiger partial charge in [0.2, 0.25) is 0 Å². The van der Waals surface area contributed by atoms with E-state index in [-0.39, 0.29) is 16.3 Å². The molecule has 1 N–H and O–H groups in total. The van der Waals surface area contributed by atoms with E-state index in [1.165, 1.54) is 6.26 Å². The second-order valence-corrected chi connectivity index (χ2v) is 13.1. The summed E-state index contributed by atoms with van der Waals surface area (Å²) in [5.41, 5.74) is 3.35. The van der Waals surface area contributed by atoms with Gasteiger partial charge in [0.15, 0.2) is 9.84 Å². The molecular weight excluding hydrogens is 555 g/mol. The number of likely N-dealkylation sites (tertiary alicyclic amines) is 1. The Bertz CT molecular complexity index is 1500. The SMILES string of the molecule is CS(=O)(=O)c1ccc2c(c1)C1(CCN(CC=Cc3ccc(Cl)cc3)CC1)CN2C(=O)NCc1ccnc(Cl)c1. The van der Waals surface area contributed by atoms with E-state index < -0.39 is 9.84 Å². The van der Waals surface area contributed by atoms with Gasteiger partial charge in [-0.25, -0.2) is 18.2 Å². The van der Waals surface area contributed by atoms with Crippen LogP contribution in [0.25, 0.3) is 6.08 Å². The molecule has 3 heterocycles. The van der Waals surface area contributed by atoms with Crippen molar-refractivity contribution in [3.63, 3.8) is 0 Å². The lowest BCUT2D eigenvalue weighted by molar-refractivity contribution is 0.180. The second-order valence-electron chi connectivity index (χ2n) is 10.2. The molecule has 0 aliphatic carbocycles. The van der Waals surface area contributed by atoms with E-state index in [0.717, 1.165) is 54.9 Å². The minimum Gasteiger partial charge on any atom is -0.334 e. The number of urea groups is 1. The summed E-state index contributed by atoms with van der Waals surface area (Å²) in [7, 11) is -3.38. The summed E-state index contributed by atoms with van der Waals surface area (Å²) in [5.74, 6) is 0. The van der Waals surface area contributed by atoms with Crippen LogP contribution in [-0.4, -0.2) is 56.8 Å². The van der Waals surface area contributed by atoms with E-state index in [0.29, 0.717) is 23.3 Å². The van der Waals surface area contributed by atoms with Crippen molar-refractivity contribution in [3.05, 3.63) is 93.7 Å². The molecule has 1 saturated heterocycles. The number of amides is 2. The van der Waals surface area contributed by atoms with Crippen LogP contribution in [0.15, 0.2) is 71.8 Å². The lowest BCUT2D eigenvalue weighted by Gasteiger charge is -2.39. The Kier molecular flexibility index (Phi) is 8.01. The minimum atomic E-state index is -3.38. The summed E-state index contributed by atoms with van der Waals surface area (Å²) >= 11 is 12.0. The normalized spacial score (nSPS) is 17.1. The summed E-state index contributed by atoms with van der Waals surface area (Å²) < 4.78 is 24.8. The summed E-state index contributed by atoms with van der Waals surface area (Å²) in [5, 5.41) is 4.07. The number of aromatic nitrogens is 1. The molecule has 3 aromatic rings. The Balaban J connectivity index is 1.31. The van der Waals surface area contributed by atoms with Gasteiger partial charge in [0, 0.05) is 48.2 Å². The van der Waals surface area contributed by atoms with Gasteiger partial charge in [0.1, 0.15) is 5.15 Å². The molecule has 2 aliphatic heterocycles. The fraction of sp³-hybridized carbons (Fsp3) is 0.310. The average molecular weight is 586 g/mol. The summed E-state index contributed by atoms with van der Waals surface area (Å²) in [6, 6.07) is 16.2. The van der Waals surface area contributed by atoms with Crippen LogP contribution >= 0.6 is 23.2 Å². The van der Waals surface area contributed by atoms with Gasteiger partial charge in [0.05, 0.1) is 4.90 Å². The molecule has 2 aliphatic rings. The Morgan fingerprint density at radius 3 is 2.51 bits per heavy atom. The van der Waals surface area contributed by atoms with Gasteiger partial charge in [-0.1, -0.05) is 47.5 Å². The Morgan fingerprint density at radius 2 is 1.82 bits per heavy atom. The van der Waals surface area contributed by atoms with Gasteiger partial charge in [-0.05, 0) is 85.1 Å². The molecule has 2 aromatic carbocycles. The van der Waals surface area contributed by atoms with Crippen molar-refractivity contribution in [3.8, 4) is 0 Å². The topological polar surface area (TPSA) is 82.6 Å². The highest BCUT2D eigenvalue weighted by Gasteiger charge is 2.46. The zero-order valence-corrected chi connectivity index (χ0v) is 23.9. The van der Waals surface area contributed by atoms with Gasteiger partial charge in [-0.15, -0.1) is 0 Å². The van der Waals surface area contributed by atoms with E-state index in [1.54, 1.807) is 41.4 Å². The number of piperidine rings is 1. The third-order valence-corrected chi connectivity index (χ3v) is 9.12. The van der Waals surface area contributed by atoms with Gasteiger partial charge in [-0.2, -0.15) is 0 Å². The first-order valence-corrected chi connectivity index (χ1v) is 15.4. The van der Waals surface area contributed by atoms with Crippen LogP contribution in [0, 0.1) is 0 Å². The van der Waals surface area contributed by atoms with E-state index in [9.17, 15) is 13.2 Å². The number of carbonyl (C=O) groups is 1. The molecular formula is C29H30Cl2N4O3S. The molecule has 0 unspecified atom stereocenters. The van der Waals surface area contributed by atoms with Crippen molar-refractivity contribution in [1.29, 1.82) is 0 Å². The number of halogens is 2. The lowest BCUT2D eigenvalue weighted by Crippen LogP contribution is -2.47. The molecule has 5 rings (SSSR count). The predicted octanol–water partition coefficient (Wildman–Crippen LogP) is 5.57. The molecule has 1 fully saturated rings. The van der Waals surface area contributed by atoms with Gasteiger partial charge >= 0.3 is 6.03 Å². The summed E-state index contributed by atoms with van der Waals surface area (Å²) in [6.07, 6.45) is 8.71. The monoisotopic (exact) mass is 584 g/mol. The van der Waals surface area contributed by atoms with E-state index >= 15 is 0 Å². The zero-order valence-electron chi connectivity index (χ0n) is 21.6. The number of nitrogens with zero attached hydrogens (tertiary/aromatic N) is 3. The third kappa shape index (κ3) is 6.30. The highest BCUT2D eigenvalue weighted by molar-refractivity contribution is 7.90. The number of benzene rings is 2. The largest absolute Gasteiger partial charge is 0.334 e. The van der Waals surface area contributed by atoms with Crippen LogP contribution in [0.2, 0.25) is 10.2 Å². The third-order valence-electron chi connectivity index (χ3n) is 7.56. The number of anilines is 1. The van der Waals surface area contributed by atoms with Crippen LogP contribution < -0.4 is 10.2 Å². The fourth-order valence-corrected chi connectivity index (χ4v) is 6.36. The Morgan fingerprint density at radius 1 is 1.08 bits per heavy atom. The van der Waals surface area contributed by atoms with Crippen molar-refractivity contribution in [2.45, 2.75) is 29.7 Å². The molecule has 0 radical (unpaired) electrons. The van der Waals surface area contributed by atoms with Crippen molar-refractivity contribution in [1.82, 2.24) is 15.2 Å². The minimum absolute atomic E-state index is 0.221. The predicted molar refractivity (Wildman–Crippen MR) is 156 cm³/mol. The van der Waals surface area contributed by atoms with Crippen LogP contribution in [0.1, 0.15) is 29.5 Å². The highest BCUT2D eigenvalue weighted by atomic mass is 35.5. The molecule has 0 bridgehead atoms. The average Bonchev–Trinajstić information content (AvgIpc) is 3.22. The van der Waals surface area contributed by atoms with Crippen LogP contribution in [0.4, 0.5) is 10.5 Å². The maximum atomic E-state index is 13.4. The molecule has 1 aromatic heterocycles. The van der Waals surface area contributed by atoms with Crippen molar-refractivity contribution < 1.29 is 13.2 Å². The number of rotatable bonds is 6. The maximum absolute atomic E-state index is 13.4. The number of sulfone groups is 1. The first-order chi connectivity index (χ1) is 18.6. The highest BCUT2D eigenvalue weighted by Crippen LogP contribution is 2.47. The molecule has 1 spiro atoms. The molecule has 2 amide bonds. The number of carbonyl (C=O) groups excluding carboxylic acids is 1. The van der Waals surface area contributed by atoms with Crippen LogP contribution in [0.3, 0.4) is 0 Å². The van der Waals surface area contributed by atoms with Gasteiger partial charge < -0.3 is 5.32 Å².